The van der Waals surface area contributed by atoms with E-state index in [1.165, 1.54) is 16.4 Å². The van der Waals surface area contributed by atoms with Crippen LogP contribution in [0.1, 0.15) is 28.8 Å². The molecule has 1 heterocycles. The summed E-state index contributed by atoms with van der Waals surface area (Å²) in [7, 11) is -3.62. The van der Waals surface area contributed by atoms with Crippen LogP contribution >= 0.6 is 0 Å². The molecule has 6 nitrogen and oxygen atoms in total. The van der Waals surface area contributed by atoms with Crippen LogP contribution in [-0.2, 0) is 14.8 Å². The number of benzene rings is 2. The number of sulfonamides is 1. The molecular weight excluding hydrogens is 364 g/mol. The number of nitrogens with one attached hydrogen (secondary N) is 1. The molecule has 2 aromatic carbocycles. The molecule has 0 radical (unpaired) electrons. The Kier molecular flexibility index (Phi) is 6.26. The van der Waals surface area contributed by atoms with E-state index in [2.05, 4.69) is 5.32 Å². The molecule has 1 unspecified atom stereocenters. The van der Waals surface area contributed by atoms with Crippen molar-refractivity contribution >= 4 is 15.9 Å². The van der Waals surface area contributed by atoms with Crippen LogP contribution in [0.4, 0.5) is 0 Å². The van der Waals surface area contributed by atoms with Crippen molar-refractivity contribution in [3.8, 4) is 0 Å². The van der Waals surface area contributed by atoms with Gasteiger partial charge in [0.15, 0.2) is 0 Å². The summed E-state index contributed by atoms with van der Waals surface area (Å²) in [6.45, 7) is 3.94. The van der Waals surface area contributed by atoms with Gasteiger partial charge in [-0.2, -0.15) is 4.31 Å². The predicted octanol–water partition coefficient (Wildman–Crippen LogP) is 2.24. The van der Waals surface area contributed by atoms with Crippen LogP contribution in [0.25, 0.3) is 0 Å². The van der Waals surface area contributed by atoms with Crippen LogP contribution in [0.15, 0.2) is 59.5 Å². The van der Waals surface area contributed by atoms with Gasteiger partial charge in [0.25, 0.3) is 5.91 Å². The third kappa shape index (κ3) is 4.74. The number of rotatable bonds is 6. The van der Waals surface area contributed by atoms with Gasteiger partial charge in [-0.25, -0.2) is 8.42 Å². The maximum absolute atomic E-state index is 12.8. The molecule has 27 heavy (non-hydrogen) atoms. The molecule has 0 aliphatic carbocycles. The summed E-state index contributed by atoms with van der Waals surface area (Å²) in [5, 5.41) is 2.89. The molecule has 0 aromatic heterocycles. The molecule has 7 heteroatoms. The van der Waals surface area contributed by atoms with E-state index in [4.69, 9.17) is 4.74 Å². The molecule has 0 saturated carbocycles. The molecule has 1 aliphatic rings. The minimum atomic E-state index is -3.62. The van der Waals surface area contributed by atoms with Crippen LogP contribution in [0, 0.1) is 0 Å². The van der Waals surface area contributed by atoms with Gasteiger partial charge in [-0.3, -0.25) is 4.79 Å². The average molecular weight is 388 g/mol. The SMILES string of the molecule is CC(CNC(=O)c1cccc(S(=O)(=O)N2CCOCC2)c1)c1ccccc1. The first kappa shape index (κ1) is 19.5. The van der Waals surface area contributed by atoms with Crippen LogP contribution in [0.2, 0.25) is 0 Å². The smallest absolute Gasteiger partial charge is 0.251 e. The fraction of sp³-hybridized carbons (Fsp3) is 0.350. The van der Waals surface area contributed by atoms with E-state index in [1.54, 1.807) is 12.1 Å². The quantitative estimate of drug-likeness (QED) is 0.824. The highest BCUT2D eigenvalue weighted by atomic mass is 32.2. The Morgan fingerprint density at radius 1 is 1.11 bits per heavy atom. The highest BCUT2D eigenvalue weighted by molar-refractivity contribution is 7.89. The lowest BCUT2D eigenvalue weighted by Crippen LogP contribution is -2.40. The van der Waals surface area contributed by atoms with Gasteiger partial charge in [0, 0.05) is 25.2 Å². The molecule has 0 bridgehead atoms. The first-order chi connectivity index (χ1) is 13.0. The largest absolute Gasteiger partial charge is 0.379 e. The highest BCUT2D eigenvalue weighted by Gasteiger charge is 2.26. The Morgan fingerprint density at radius 2 is 1.81 bits per heavy atom. The number of nitrogens with zero attached hydrogens (tertiary/aromatic N) is 1. The summed E-state index contributed by atoms with van der Waals surface area (Å²) < 4.78 is 32.1. The lowest BCUT2D eigenvalue weighted by molar-refractivity contribution is 0.0730. The Hall–Kier alpha value is -2.22. The Bertz CT molecular complexity index is 878. The molecule has 0 spiro atoms. The van der Waals surface area contributed by atoms with E-state index in [-0.39, 0.29) is 16.7 Å². The third-order valence-electron chi connectivity index (χ3n) is 4.64. The molecule has 1 saturated heterocycles. The normalized spacial score (nSPS) is 16.6. The van der Waals surface area contributed by atoms with Gasteiger partial charge in [0.2, 0.25) is 10.0 Å². The van der Waals surface area contributed by atoms with Crippen molar-refractivity contribution in [1.82, 2.24) is 9.62 Å². The topological polar surface area (TPSA) is 75.7 Å². The van der Waals surface area contributed by atoms with Gasteiger partial charge in [-0.05, 0) is 29.7 Å². The van der Waals surface area contributed by atoms with Crippen LogP contribution < -0.4 is 5.32 Å². The van der Waals surface area contributed by atoms with Crippen LogP contribution in [0.3, 0.4) is 0 Å². The zero-order chi connectivity index (χ0) is 19.3. The second-order valence-electron chi connectivity index (χ2n) is 6.57. The van der Waals surface area contributed by atoms with Crippen molar-refractivity contribution in [3.63, 3.8) is 0 Å². The van der Waals surface area contributed by atoms with Gasteiger partial charge in [0.1, 0.15) is 0 Å². The zero-order valence-electron chi connectivity index (χ0n) is 15.3. The highest BCUT2D eigenvalue weighted by Crippen LogP contribution is 2.19. The number of ether oxygens (including phenoxy) is 1. The summed E-state index contributed by atoms with van der Waals surface area (Å²) in [4.78, 5) is 12.6. The number of amides is 1. The van der Waals surface area contributed by atoms with E-state index >= 15 is 0 Å². The standard InChI is InChI=1S/C20H24N2O4S/c1-16(17-6-3-2-4-7-17)15-21-20(23)18-8-5-9-19(14-18)27(24,25)22-10-12-26-13-11-22/h2-9,14,16H,10-13,15H2,1H3,(H,21,23). The lowest BCUT2D eigenvalue weighted by Gasteiger charge is -2.26. The molecular formula is C20H24N2O4S. The van der Waals surface area contributed by atoms with Crippen molar-refractivity contribution in [2.24, 2.45) is 0 Å². The molecule has 1 amide bonds. The van der Waals surface area contributed by atoms with E-state index in [0.29, 0.717) is 38.4 Å². The number of carbonyl (C=O) groups excluding carboxylic acids is 1. The first-order valence-corrected chi connectivity index (χ1v) is 10.4. The Labute approximate surface area is 160 Å². The predicted molar refractivity (Wildman–Crippen MR) is 103 cm³/mol. The van der Waals surface area contributed by atoms with Crippen molar-refractivity contribution < 1.29 is 17.9 Å². The van der Waals surface area contributed by atoms with E-state index < -0.39 is 10.0 Å². The Balaban J connectivity index is 1.68. The van der Waals surface area contributed by atoms with Gasteiger partial charge in [-0.15, -0.1) is 0 Å². The van der Waals surface area contributed by atoms with Crippen molar-refractivity contribution in [3.05, 3.63) is 65.7 Å². The summed E-state index contributed by atoms with van der Waals surface area (Å²) in [6.07, 6.45) is 0. The van der Waals surface area contributed by atoms with Crippen molar-refractivity contribution in [2.75, 3.05) is 32.8 Å². The second-order valence-corrected chi connectivity index (χ2v) is 8.50. The summed E-state index contributed by atoms with van der Waals surface area (Å²) in [6, 6.07) is 16.1. The van der Waals surface area contributed by atoms with Crippen LogP contribution in [-0.4, -0.2) is 51.5 Å². The zero-order valence-corrected chi connectivity index (χ0v) is 16.1. The molecule has 1 atom stereocenters. The molecule has 144 valence electrons. The number of hydrogen-bond acceptors (Lipinski definition) is 4. The lowest BCUT2D eigenvalue weighted by atomic mass is 10.0. The third-order valence-corrected chi connectivity index (χ3v) is 6.54. The fourth-order valence-electron chi connectivity index (χ4n) is 2.98. The minimum absolute atomic E-state index is 0.133. The summed E-state index contributed by atoms with van der Waals surface area (Å²) in [5.74, 6) is -0.118. The number of hydrogen-bond donors (Lipinski definition) is 1. The molecule has 1 N–H and O–H groups in total. The van der Waals surface area contributed by atoms with Gasteiger partial charge in [-0.1, -0.05) is 43.3 Å². The number of morpholine rings is 1. The maximum Gasteiger partial charge on any atom is 0.251 e. The summed E-state index contributed by atoms with van der Waals surface area (Å²) >= 11 is 0. The van der Waals surface area contributed by atoms with E-state index in [0.717, 1.165) is 5.56 Å². The first-order valence-electron chi connectivity index (χ1n) is 8.99. The Morgan fingerprint density at radius 3 is 2.52 bits per heavy atom. The number of carbonyl (C=O) groups is 1. The molecule has 2 aromatic rings. The molecule has 1 fully saturated rings. The van der Waals surface area contributed by atoms with Crippen molar-refractivity contribution in [1.29, 1.82) is 0 Å². The van der Waals surface area contributed by atoms with Crippen molar-refractivity contribution in [2.45, 2.75) is 17.7 Å². The minimum Gasteiger partial charge on any atom is -0.379 e. The second kappa shape index (κ2) is 8.65. The summed E-state index contributed by atoms with van der Waals surface area (Å²) in [5.41, 5.74) is 1.48. The van der Waals surface area contributed by atoms with Crippen LogP contribution in [0.5, 0.6) is 0 Å². The van der Waals surface area contributed by atoms with Gasteiger partial charge >= 0.3 is 0 Å². The van der Waals surface area contributed by atoms with Gasteiger partial charge < -0.3 is 10.1 Å². The maximum atomic E-state index is 12.8. The average Bonchev–Trinajstić information content (AvgIpc) is 2.73. The monoisotopic (exact) mass is 388 g/mol. The fourth-order valence-corrected chi connectivity index (χ4v) is 4.44. The van der Waals surface area contributed by atoms with E-state index in [1.807, 2.05) is 37.3 Å². The molecule has 3 rings (SSSR count). The molecule has 1 aliphatic heterocycles. The van der Waals surface area contributed by atoms with E-state index in [9.17, 15) is 13.2 Å². The van der Waals surface area contributed by atoms with Gasteiger partial charge in [0.05, 0.1) is 18.1 Å².